The third kappa shape index (κ3) is 1.91. The Labute approximate surface area is 111 Å². The van der Waals surface area contributed by atoms with Gasteiger partial charge in [0.25, 0.3) is 0 Å². The lowest BCUT2D eigenvalue weighted by molar-refractivity contribution is 0.355. The number of hydrogen-bond donors (Lipinski definition) is 0. The third-order valence-electron chi connectivity index (χ3n) is 3.09. The highest BCUT2D eigenvalue weighted by atomic mass is 16.5. The summed E-state index contributed by atoms with van der Waals surface area (Å²) in [5.41, 5.74) is 1.92. The minimum absolute atomic E-state index is 0.706. The summed E-state index contributed by atoms with van der Waals surface area (Å²) >= 11 is 0. The van der Waals surface area contributed by atoms with Crippen LogP contribution in [0.25, 0.3) is 16.7 Å². The summed E-state index contributed by atoms with van der Waals surface area (Å²) in [4.78, 5) is 4.41. The Morgan fingerprint density at radius 3 is 2.63 bits per heavy atom. The first-order valence-corrected chi connectivity index (χ1v) is 5.98. The van der Waals surface area contributed by atoms with E-state index in [0.29, 0.717) is 5.75 Å². The van der Waals surface area contributed by atoms with Crippen LogP contribution in [0.5, 0.6) is 11.5 Å². The zero-order chi connectivity index (χ0) is 13.2. The second-order valence-electron chi connectivity index (χ2n) is 4.14. The molecule has 0 radical (unpaired) electrons. The van der Waals surface area contributed by atoms with E-state index < -0.39 is 0 Å². The molecule has 96 valence electrons. The number of methoxy groups -OCH3 is 2. The van der Waals surface area contributed by atoms with Crippen molar-refractivity contribution in [3.63, 3.8) is 0 Å². The number of pyridine rings is 1. The van der Waals surface area contributed by atoms with Crippen LogP contribution in [0.2, 0.25) is 0 Å². The summed E-state index contributed by atoms with van der Waals surface area (Å²) in [5.74, 6) is 1.42. The van der Waals surface area contributed by atoms with Crippen molar-refractivity contribution in [2.45, 2.75) is 0 Å². The van der Waals surface area contributed by atoms with Gasteiger partial charge in [0.15, 0.2) is 11.5 Å². The van der Waals surface area contributed by atoms with E-state index in [1.54, 1.807) is 20.4 Å². The second-order valence-corrected chi connectivity index (χ2v) is 4.14. The summed E-state index contributed by atoms with van der Waals surface area (Å²) in [5, 5.41) is 1.11. The highest BCUT2D eigenvalue weighted by molar-refractivity contribution is 5.78. The predicted octanol–water partition coefficient (Wildman–Crippen LogP) is 3.04. The number of ether oxygens (including phenoxy) is 2. The molecule has 0 amide bonds. The van der Waals surface area contributed by atoms with Crippen LogP contribution in [0.15, 0.2) is 48.8 Å². The smallest absolute Gasteiger partial charge is 0.162 e. The van der Waals surface area contributed by atoms with Crippen molar-refractivity contribution in [2.24, 2.45) is 0 Å². The van der Waals surface area contributed by atoms with Crippen molar-refractivity contribution in [2.75, 3.05) is 14.2 Å². The predicted molar refractivity (Wildman–Crippen MR) is 74.2 cm³/mol. The fraction of sp³-hybridized carbons (Fsp3) is 0.133. The van der Waals surface area contributed by atoms with Gasteiger partial charge in [-0.05, 0) is 30.3 Å². The van der Waals surface area contributed by atoms with Gasteiger partial charge in [-0.25, -0.2) is 4.98 Å². The third-order valence-corrected chi connectivity index (χ3v) is 3.09. The largest absolute Gasteiger partial charge is 0.493 e. The highest BCUT2D eigenvalue weighted by Gasteiger charge is 2.08. The minimum Gasteiger partial charge on any atom is -0.493 e. The van der Waals surface area contributed by atoms with Crippen molar-refractivity contribution in [1.29, 1.82) is 0 Å². The van der Waals surface area contributed by atoms with E-state index in [9.17, 15) is 0 Å². The second kappa shape index (κ2) is 4.65. The Morgan fingerprint density at radius 1 is 1.00 bits per heavy atom. The van der Waals surface area contributed by atoms with Crippen LogP contribution in [0.1, 0.15) is 0 Å². The lowest BCUT2D eigenvalue weighted by atomic mass is 10.2. The van der Waals surface area contributed by atoms with Gasteiger partial charge >= 0.3 is 0 Å². The number of aromatic nitrogens is 2. The van der Waals surface area contributed by atoms with Gasteiger partial charge in [-0.2, -0.15) is 0 Å². The van der Waals surface area contributed by atoms with Crippen LogP contribution in [0, 0.1) is 0 Å². The molecule has 0 aliphatic carbocycles. The Balaban J connectivity index is 2.16. The van der Waals surface area contributed by atoms with Gasteiger partial charge in [0.2, 0.25) is 0 Å². The summed E-state index contributed by atoms with van der Waals surface area (Å²) in [6.07, 6.45) is 3.79. The first-order valence-electron chi connectivity index (χ1n) is 5.98. The molecule has 0 spiro atoms. The molecule has 2 aromatic heterocycles. The monoisotopic (exact) mass is 254 g/mol. The summed E-state index contributed by atoms with van der Waals surface area (Å²) in [6.45, 7) is 0. The van der Waals surface area contributed by atoms with E-state index in [4.69, 9.17) is 9.47 Å². The molecule has 0 atom stereocenters. The molecule has 0 bridgehead atoms. The Bertz CT molecular complexity index is 719. The minimum atomic E-state index is 0.706. The molecule has 0 N–H and O–H groups in total. The number of hydrogen-bond acceptors (Lipinski definition) is 3. The van der Waals surface area contributed by atoms with Crippen LogP contribution in [0.4, 0.5) is 0 Å². The lowest BCUT2D eigenvalue weighted by Gasteiger charge is -2.10. The van der Waals surface area contributed by atoms with Crippen LogP contribution in [0.3, 0.4) is 0 Å². The van der Waals surface area contributed by atoms with E-state index in [1.807, 2.05) is 47.2 Å². The molecule has 3 rings (SSSR count). The van der Waals surface area contributed by atoms with Crippen LogP contribution < -0.4 is 9.47 Å². The molecule has 19 heavy (non-hydrogen) atoms. The number of benzene rings is 1. The van der Waals surface area contributed by atoms with Gasteiger partial charge in [-0.15, -0.1) is 0 Å². The fourth-order valence-electron chi connectivity index (χ4n) is 2.15. The molecule has 0 saturated carbocycles. The van der Waals surface area contributed by atoms with Gasteiger partial charge in [0.1, 0.15) is 5.65 Å². The van der Waals surface area contributed by atoms with E-state index in [0.717, 1.165) is 22.5 Å². The Morgan fingerprint density at radius 2 is 1.84 bits per heavy atom. The van der Waals surface area contributed by atoms with Gasteiger partial charge in [0.05, 0.1) is 19.9 Å². The molecule has 4 heteroatoms. The van der Waals surface area contributed by atoms with E-state index in [-0.39, 0.29) is 0 Å². The molecule has 0 fully saturated rings. The number of rotatable bonds is 3. The van der Waals surface area contributed by atoms with E-state index in [1.165, 1.54) is 0 Å². The van der Waals surface area contributed by atoms with Crippen LogP contribution >= 0.6 is 0 Å². The molecule has 0 saturated heterocycles. The SMILES string of the molecule is COc1ccc(-n2ccc3cccnc32)cc1OC. The molecule has 2 heterocycles. The van der Waals surface area contributed by atoms with Crippen LogP contribution in [-0.4, -0.2) is 23.8 Å². The average molecular weight is 254 g/mol. The maximum atomic E-state index is 5.33. The van der Waals surface area contributed by atoms with Crippen molar-refractivity contribution < 1.29 is 9.47 Å². The van der Waals surface area contributed by atoms with Gasteiger partial charge < -0.3 is 14.0 Å². The van der Waals surface area contributed by atoms with Crippen molar-refractivity contribution in [1.82, 2.24) is 9.55 Å². The highest BCUT2D eigenvalue weighted by Crippen LogP contribution is 2.30. The standard InChI is InChI=1S/C15H14N2O2/c1-18-13-6-5-12(10-14(13)19-2)17-9-7-11-4-3-8-16-15(11)17/h3-10H,1-2H3. The topological polar surface area (TPSA) is 36.3 Å². The molecular weight excluding hydrogens is 240 g/mol. The zero-order valence-corrected chi connectivity index (χ0v) is 10.8. The van der Waals surface area contributed by atoms with Gasteiger partial charge in [0, 0.05) is 23.8 Å². The average Bonchev–Trinajstić information content (AvgIpc) is 2.90. The molecule has 0 aliphatic rings. The normalized spacial score (nSPS) is 10.6. The van der Waals surface area contributed by atoms with Crippen molar-refractivity contribution in [3.05, 3.63) is 48.8 Å². The Hall–Kier alpha value is -2.49. The molecule has 4 nitrogen and oxygen atoms in total. The van der Waals surface area contributed by atoms with Crippen LogP contribution in [-0.2, 0) is 0 Å². The molecule has 0 aliphatic heterocycles. The summed E-state index contributed by atoms with van der Waals surface area (Å²) < 4.78 is 12.6. The zero-order valence-electron chi connectivity index (χ0n) is 10.8. The first-order chi connectivity index (χ1) is 9.33. The van der Waals surface area contributed by atoms with Gasteiger partial charge in [-0.1, -0.05) is 0 Å². The number of fused-ring (bicyclic) bond motifs is 1. The lowest BCUT2D eigenvalue weighted by Crippen LogP contribution is -1.96. The maximum Gasteiger partial charge on any atom is 0.162 e. The van der Waals surface area contributed by atoms with Crippen molar-refractivity contribution >= 4 is 11.0 Å². The summed E-state index contributed by atoms with van der Waals surface area (Å²) in [7, 11) is 3.26. The number of nitrogens with zero attached hydrogens (tertiary/aromatic N) is 2. The Kier molecular flexibility index (Phi) is 2.83. The fourth-order valence-corrected chi connectivity index (χ4v) is 2.15. The molecule has 0 unspecified atom stereocenters. The van der Waals surface area contributed by atoms with E-state index in [2.05, 4.69) is 4.98 Å². The molecule has 3 aromatic rings. The first kappa shape index (κ1) is 11.6. The van der Waals surface area contributed by atoms with Gasteiger partial charge in [-0.3, -0.25) is 0 Å². The quantitative estimate of drug-likeness (QED) is 0.720. The maximum absolute atomic E-state index is 5.33. The molecular formula is C15H14N2O2. The van der Waals surface area contributed by atoms with E-state index >= 15 is 0 Å². The molecule has 1 aromatic carbocycles. The summed E-state index contributed by atoms with van der Waals surface area (Å²) in [6, 6.07) is 11.8. The van der Waals surface area contributed by atoms with Crippen molar-refractivity contribution in [3.8, 4) is 17.2 Å².